The number of amidine groups is 1. The molecule has 3 heterocycles. The van der Waals surface area contributed by atoms with Crippen LogP contribution in [0, 0.1) is 5.92 Å². The molecule has 1 amide bonds. The summed E-state index contributed by atoms with van der Waals surface area (Å²) in [6.45, 7) is 7.42. The van der Waals surface area contributed by atoms with E-state index in [1.54, 1.807) is 22.9 Å². The smallest absolute Gasteiger partial charge is 0.285 e. The van der Waals surface area contributed by atoms with E-state index >= 15 is 0 Å². The van der Waals surface area contributed by atoms with Gasteiger partial charge in [-0.2, -0.15) is 13.5 Å². The van der Waals surface area contributed by atoms with Gasteiger partial charge in [0.2, 0.25) is 5.91 Å². The van der Waals surface area contributed by atoms with Crippen LogP contribution >= 0.6 is 0 Å². The van der Waals surface area contributed by atoms with E-state index in [1.807, 2.05) is 24.1 Å². The summed E-state index contributed by atoms with van der Waals surface area (Å²) >= 11 is 0. The summed E-state index contributed by atoms with van der Waals surface area (Å²) in [5, 5.41) is 7.50. The second-order valence-corrected chi connectivity index (χ2v) is 10.5. The predicted octanol–water partition coefficient (Wildman–Crippen LogP) is 2.52. The number of carbonyl (C=O) groups is 1. The lowest BCUT2D eigenvalue weighted by Crippen LogP contribution is -2.41. The highest BCUT2D eigenvalue weighted by atomic mass is 32.2. The fourth-order valence-electron chi connectivity index (χ4n) is 3.85. The highest BCUT2D eigenvalue weighted by Crippen LogP contribution is 2.30. The number of nitrogens with one attached hydrogen (secondary N) is 1. The highest BCUT2D eigenvalue weighted by Gasteiger charge is 2.34. The molecule has 1 N–H and O–H groups in total. The van der Waals surface area contributed by atoms with E-state index in [0.29, 0.717) is 43.1 Å². The van der Waals surface area contributed by atoms with E-state index in [2.05, 4.69) is 35.6 Å². The van der Waals surface area contributed by atoms with E-state index in [1.165, 1.54) is 0 Å². The van der Waals surface area contributed by atoms with Crippen molar-refractivity contribution in [3.05, 3.63) is 41.6 Å². The first-order valence-corrected chi connectivity index (χ1v) is 11.5. The van der Waals surface area contributed by atoms with Crippen molar-refractivity contribution in [3.63, 3.8) is 0 Å². The molecule has 2 aliphatic heterocycles. The number of sulfonamides is 1. The van der Waals surface area contributed by atoms with Crippen molar-refractivity contribution in [2.45, 2.75) is 43.9 Å². The van der Waals surface area contributed by atoms with Crippen LogP contribution < -0.4 is 5.32 Å². The zero-order chi connectivity index (χ0) is 21.7. The summed E-state index contributed by atoms with van der Waals surface area (Å²) in [5.74, 6) is 1.01. The molecule has 0 atom stereocenters. The molecule has 30 heavy (non-hydrogen) atoms. The summed E-state index contributed by atoms with van der Waals surface area (Å²) in [6.07, 6.45) is 1.27. The average molecular weight is 430 g/mol. The zero-order valence-electron chi connectivity index (χ0n) is 17.7. The van der Waals surface area contributed by atoms with E-state index in [0.717, 1.165) is 5.69 Å². The van der Waals surface area contributed by atoms with Crippen LogP contribution in [0.3, 0.4) is 0 Å². The normalized spacial score (nSPS) is 18.8. The monoisotopic (exact) mass is 429 g/mol. The molecule has 8 nitrogen and oxygen atoms in total. The summed E-state index contributed by atoms with van der Waals surface area (Å²) < 4.78 is 30.3. The van der Waals surface area contributed by atoms with Gasteiger partial charge in [0.05, 0.1) is 5.69 Å². The fourth-order valence-corrected chi connectivity index (χ4v) is 5.08. The Bertz CT molecular complexity index is 1120. The molecule has 0 unspecified atom stereocenters. The molecule has 0 bridgehead atoms. The number of benzene rings is 1. The van der Waals surface area contributed by atoms with E-state index in [-0.39, 0.29) is 22.1 Å². The molecular weight excluding hydrogens is 402 g/mol. The Balaban J connectivity index is 1.42. The molecule has 1 aromatic carbocycles. The quantitative estimate of drug-likeness (QED) is 0.791. The second-order valence-electron chi connectivity index (χ2n) is 8.93. The fraction of sp³-hybridized carbons (Fsp3) is 0.476. The number of carbonyl (C=O) groups excluding carboxylic acids is 1. The Morgan fingerprint density at radius 2 is 1.83 bits per heavy atom. The number of rotatable bonds is 2. The Morgan fingerprint density at radius 1 is 1.17 bits per heavy atom. The molecule has 0 spiro atoms. The molecule has 2 aliphatic rings. The highest BCUT2D eigenvalue weighted by molar-refractivity contribution is 7.90. The third-order valence-electron chi connectivity index (χ3n) is 5.68. The first-order valence-electron chi connectivity index (χ1n) is 10.1. The van der Waals surface area contributed by atoms with Gasteiger partial charge < -0.3 is 10.2 Å². The van der Waals surface area contributed by atoms with Gasteiger partial charge in [0.25, 0.3) is 10.0 Å². The number of aryl methyl sites for hydroxylation is 1. The van der Waals surface area contributed by atoms with Gasteiger partial charge in [-0.1, -0.05) is 32.9 Å². The maximum atomic E-state index is 12.8. The molecule has 4 rings (SSSR count). The molecule has 0 aliphatic carbocycles. The first kappa shape index (κ1) is 20.6. The molecule has 1 aromatic heterocycles. The second kappa shape index (κ2) is 7.23. The van der Waals surface area contributed by atoms with Gasteiger partial charge in [0, 0.05) is 43.1 Å². The number of aromatic nitrogens is 2. The van der Waals surface area contributed by atoms with Gasteiger partial charge in [-0.3, -0.25) is 9.48 Å². The number of nitrogens with zero attached hydrogens (tertiary/aromatic N) is 4. The van der Waals surface area contributed by atoms with Gasteiger partial charge in [-0.25, -0.2) is 0 Å². The van der Waals surface area contributed by atoms with Crippen molar-refractivity contribution >= 4 is 27.6 Å². The van der Waals surface area contributed by atoms with Gasteiger partial charge >= 0.3 is 0 Å². The number of hydrogen-bond acceptors (Lipinski definition) is 5. The minimum Gasteiger partial charge on any atom is -0.355 e. The van der Waals surface area contributed by atoms with E-state index in [4.69, 9.17) is 0 Å². The summed E-state index contributed by atoms with van der Waals surface area (Å²) in [6, 6.07) is 8.81. The number of amides is 1. The lowest BCUT2D eigenvalue weighted by molar-refractivity contribution is -0.121. The van der Waals surface area contributed by atoms with Crippen LogP contribution in [0.15, 0.2) is 39.6 Å². The molecule has 1 saturated heterocycles. The minimum atomic E-state index is -3.63. The average Bonchev–Trinajstić information content (AvgIpc) is 3.19. The molecule has 9 heteroatoms. The largest absolute Gasteiger partial charge is 0.355 e. The van der Waals surface area contributed by atoms with Crippen LogP contribution in [0.2, 0.25) is 0 Å². The summed E-state index contributed by atoms with van der Waals surface area (Å²) in [7, 11) is -1.81. The number of anilines is 1. The molecule has 0 saturated carbocycles. The molecule has 1 fully saturated rings. The Kier molecular flexibility index (Phi) is 4.96. The number of likely N-dealkylation sites (tertiary alicyclic amines) is 1. The number of fused-ring (bicyclic) bond motifs is 1. The standard InChI is InChI=1S/C21H27N5O3S/c1-21(2,3)17-13-18(25(4)23-17)22-20(27)14-9-11-26(12-10-14)19-15-7-5-6-8-16(15)30(28,29)24-19/h5-8,13-14H,9-12H2,1-4H3,(H,22,27). The Labute approximate surface area is 177 Å². The van der Waals surface area contributed by atoms with Crippen LogP contribution in [0.1, 0.15) is 44.9 Å². The van der Waals surface area contributed by atoms with Gasteiger partial charge in [-0.15, -0.1) is 4.40 Å². The summed E-state index contributed by atoms with van der Waals surface area (Å²) in [4.78, 5) is 15.0. The predicted molar refractivity (Wildman–Crippen MR) is 115 cm³/mol. The zero-order valence-corrected chi connectivity index (χ0v) is 18.5. The van der Waals surface area contributed by atoms with Crippen molar-refractivity contribution in [2.75, 3.05) is 18.4 Å². The van der Waals surface area contributed by atoms with E-state index in [9.17, 15) is 13.2 Å². The van der Waals surface area contributed by atoms with Crippen LogP contribution in [-0.4, -0.2) is 47.9 Å². The molecule has 0 radical (unpaired) electrons. The van der Waals surface area contributed by atoms with Crippen LogP contribution in [-0.2, 0) is 27.3 Å². The van der Waals surface area contributed by atoms with Crippen molar-refractivity contribution in [3.8, 4) is 0 Å². The SMILES string of the molecule is Cn1nc(C(C)(C)C)cc1NC(=O)C1CCN(C2=NS(=O)(=O)c3ccccc32)CC1. The maximum Gasteiger partial charge on any atom is 0.285 e. The van der Waals surface area contributed by atoms with Gasteiger partial charge in [0.15, 0.2) is 5.84 Å². The first-order chi connectivity index (χ1) is 14.1. The van der Waals surface area contributed by atoms with Crippen LogP contribution in [0.5, 0.6) is 0 Å². The minimum absolute atomic E-state index is 0.0282. The van der Waals surface area contributed by atoms with Crippen molar-refractivity contribution in [1.82, 2.24) is 14.7 Å². The molecule has 160 valence electrons. The van der Waals surface area contributed by atoms with Crippen LogP contribution in [0.4, 0.5) is 5.82 Å². The van der Waals surface area contributed by atoms with Crippen molar-refractivity contribution in [1.29, 1.82) is 0 Å². The third-order valence-corrected chi connectivity index (χ3v) is 7.00. The number of piperidine rings is 1. The lowest BCUT2D eigenvalue weighted by atomic mass is 9.92. The Morgan fingerprint density at radius 3 is 2.47 bits per heavy atom. The van der Waals surface area contributed by atoms with E-state index < -0.39 is 10.0 Å². The Hall–Kier alpha value is -2.68. The maximum absolute atomic E-state index is 12.8. The molecular formula is C21H27N5O3S. The lowest BCUT2D eigenvalue weighted by Gasteiger charge is -2.32. The topological polar surface area (TPSA) is 96.7 Å². The third kappa shape index (κ3) is 3.74. The van der Waals surface area contributed by atoms with Crippen molar-refractivity contribution < 1.29 is 13.2 Å². The van der Waals surface area contributed by atoms with Gasteiger partial charge in [0.1, 0.15) is 10.7 Å². The van der Waals surface area contributed by atoms with Crippen LogP contribution in [0.25, 0.3) is 0 Å². The van der Waals surface area contributed by atoms with Crippen molar-refractivity contribution in [2.24, 2.45) is 17.4 Å². The molecule has 2 aromatic rings. The summed E-state index contributed by atoms with van der Waals surface area (Å²) in [5.41, 5.74) is 1.48. The number of hydrogen-bond donors (Lipinski definition) is 1. The van der Waals surface area contributed by atoms with Gasteiger partial charge in [-0.05, 0) is 25.0 Å².